The fourth-order valence-electron chi connectivity index (χ4n) is 23.0. The summed E-state index contributed by atoms with van der Waals surface area (Å²) in [5.41, 5.74) is 35.7. The number of hydrogen-bond acceptors (Lipinski definition) is 11. The molecular formula is C133H78N14. The first kappa shape index (κ1) is 82.8. The molecular weight excluding hydrogens is 1790 g/mol. The minimum atomic E-state index is 0.741. The molecule has 0 aliphatic rings. The maximum absolute atomic E-state index is 5.23. The van der Waals surface area contributed by atoms with Crippen molar-refractivity contribution in [2.45, 2.75) is 0 Å². The average molecular weight is 1870 g/mol. The Morgan fingerprint density at radius 1 is 0.129 bits per heavy atom. The van der Waals surface area contributed by atoms with Crippen LogP contribution in [0.3, 0.4) is 0 Å². The van der Waals surface area contributed by atoms with Crippen molar-refractivity contribution in [3.8, 4) is 89.0 Å². The lowest BCUT2D eigenvalue weighted by Crippen LogP contribution is -1.96. The molecule has 20 aromatic carbocycles. The number of rotatable bonds is 8. The summed E-state index contributed by atoms with van der Waals surface area (Å²) in [6.07, 6.45) is 14.2. The number of imidazole rings is 3. The third kappa shape index (κ3) is 13.5. The van der Waals surface area contributed by atoms with Gasteiger partial charge in [0, 0.05) is 60.3 Å². The zero-order chi connectivity index (χ0) is 96.4. The van der Waals surface area contributed by atoms with Gasteiger partial charge in [-0.25, -0.2) is 24.9 Å². The van der Waals surface area contributed by atoms with E-state index >= 15 is 0 Å². The molecule has 0 fully saturated rings. The SMILES string of the molecule is c1ccc(-c2ccc3cc(-c4ccc5c(c4)nc4c6ncccc6c6nccnc6n54)ccc3c2)cc1.c1ccc2cc(-c3c4ccccc4c(-c4ccc5ccccc5c4)c4cc(-c5ccc6c(c5)nc5c7ncccc7c7ncccc7n65)ccc34)ccc2c1.c1ccc2cc(-c3c4ccccc4c(-c4ccc5ccccc5c4)c4cc(-c5ccc6c(c5)nc5c7nccnc7c7ncccc7n65)ccc34)ccc2c1. The number of benzene rings is 20. The second kappa shape index (κ2) is 33.3. The highest BCUT2D eigenvalue weighted by atomic mass is 15.1. The molecule has 14 heteroatoms. The molecule has 0 bridgehead atoms. The molecule has 680 valence electrons. The molecule has 0 saturated heterocycles. The van der Waals surface area contributed by atoms with E-state index in [0.717, 1.165) is 149 Å². The van der Waals surface area contributed by atoms with E-state index in [9.17, 15) is 0 Å². The largest absolute Gasteiger partial charge is 0.289 e. The van der Waals surface area contributed by atoms with E-state index in [4.69, 9.17) is 34.9 Å². The first-order chi connectivity index (χ1) is 72.9. The van der Waals surface area contributed by atoms with Crippen LogP contribution in [0.4, 0.5) is 0 Å². The second-order valence-electron chi connectivity index (χ2n) is 37.9. The molecule has 0 saturated carbocycles. The zero-order valence-corrected chi connectivity index (χ0v) is 78.8. The van der Waals surface area contributed by atoms with Crippen LogP contribution in [0, 0.1) is 0 Å². The number of fused-ring (bicyclic) bond motifs is 33. The van der Waals surface area contributed by atoms with Gasteiger partial charge in [0.2, 0.25) is 0 Å². The van der Waals surface area contributed by atoms with E-state index in [2.05, 4.69) is 421 Å². The van der Waals surface area contributed by atoms with Crippen LogP contribution in [0.1, 0.15) is 0 Å². The summed E-state index contributed by atoms with van der Waals surface area (Å²) >= 11 is 0. The van der Waals surface area contributed by atoms with Crippen LogP contribution in [-0.2, 0) is 0 Å². The minimum absolute atomic E-state index is 0.741. The molecule has 14 nitrogen and oxygen atoms in total. The summed E-state index contributed by atoms with van der Waals surface area (Å²) in [5.74, 6) is 0. The first-order valence-corrected chi connectivity index (χ1v) is 49.4. The highest BCUT2D eigenvalue weighted by Gasteiger charge is 2.26. The Morgan fingerprint density at radius 3 is 0.864 bits per heavy atom. The van der Waals surface area contributed by atoms with Gasteiger partial charge in [0.05, 0.1) is 49.7 Å². The van der Waals surface area contributed by atoms with Crippen molar-refractivity contribution in [1.82, 2.24) is 68.0 Å². The summed E-state index contributed by atoms with van der Waals surface area (Å²) < 4.78 is 6.44. The van der Waals surface area contributed by atoms with Gasteiger partial charge in [0.15, 0.2) is 22.6 Å². The van der Waals surface area contributed by atoms with Crippen LogP contribution < -0.4 is 0 Å². The lowest BCUT2D eigenvalue weighted by molar-refractivity contribution is 1.19. The van der Waals surface area contributed by atoms with Crippen molar-refractivity contribution in [2.75, 3.05) is 0 Å². The second-order valence-corrected chi connectivity index (χ2v) is 37.9. The molecule has 0 spiro atoms. The van der Waals surface area contributed by atoms with Crippen LogP contribution in [0.15, 0.2) is 474 Å². The Balaban J connectivity index is 0.000000104. The third-order valence-electron chi connectivity index (χ3n) is 29.7. The van der Waals surface area contributed by atoms with Crippen molar-refractivity contribution in [1.29, 1.82) is 0 Å². The van der Waals surface area contributed by atoms with Crippen LogP contribution >= 0.6 is 0 Å². The van der Waals surface area contributed by atoms with Gasteiger partial charge in [-0.05, 0) is 319 Å². The maximum Gasteiger partial charge on any atom is 0.166 e. The van der Waals surface area contributed by atoms with Crippen LogP contribution in [0.5, 0.6) is 0 Å². The van der Waals surface area contributed by atoms with E-state index in [1.165, 1.54) is 153 Å². The number of aromatic nitrogens is 14. The topological polar surface area (TPSA) is 155 Å². The summed E-state index contributed by atoms with van der Waals surface area (Å²) in [5, 5.41) is 24.1. The number of hydrogen-bond donors (Lipinski definition) is 0. The van der Waals surface area contributed by atoms with Gasteiger partial charge in [-0.1, -0.05) is 291 Å². The van der Waals surface area contributed by atoms with Gasteiger partial charge in [0.1, 0.15) is 33.1 Å². The fourth-order valence-corrected chi connectivity index (χ4v) is 23.0. The average Bonchev–Trinajstić information content (AvgIpc) is 1.29. The van der Waals surface area contributed by atoms with E-state index in [1.54, 1.807) is 37.2 Å². The molecule has 12 aromatic heterocycles. The Kier molecular flexibility index (Phi) is 18.7. The predicted molar refractivity (Wildman–Crippen MR) is 607 cm³/mol. The lowest BCUT2D eigenvalue weighted by Gasteiger charge is -2.19. The summed E-state index contributed by atoms with van der Waals surface area (Å²) in [4.78, 5) is 53.0. The zero-order valence-electron chi connectivity index (χ0n) is 78.8. The smallest absolute Gasteiger partial charge is 0.166 e. The van der Waals surface area contributed by atoms with Gasteiger partial charge < -0.3 is 0 Å². The highest BCUT2D eigenvalue weighted by molar-refractivity contribution is 6.26. The highest BCUT2D eigenvalue weighted by Crippen LogP contribution is 2.50. The molecule has 12 heterocycles. The normalized spacial score (nSPS) is 11.9. The van der Waals surface area contributed by atoms with Crippen LogP contribution in [0.25, 0.3) is 302 Å². The van der Waals surface area contributed by atoms with Crippen molar-refractivity contribution in [2.24, 2.45) is 0 Å². The van der Waals surface area contributed by atoms with Crippen molar-refractivity contribution in [3.05, 3.63) is 474 Å². The molecule has 0 aliphatic heterocycles. The summed E-state index contributed by atoms with van der Waals surface area (Å²) in [7, 11) is 0. The molecule has 0 radical (unpaired) electrons. The van der Waals surface area contributed by atoms with Gasteiger partial charge in [-0.15, -0.1) is 0 Å². The number of pyridine rings is 7. The Hall–Kier alpha value is -20.1. The molecule has 147 heavy (non-hydrogen) atoms. The minimum Gasteiger partial charge on any atom is -0.289 e. The maximum atomic E-state index is 5.23. The predicted octanol–water partition coefficient (Wildman–Crippen LogP) is 33.3. The van der Waals surface area contributed by atoms with Crippen molar-refractivity contribution in [3.63, 3.8) is 0 Å². The van der Waals surface area contributed by atoms with Gasteiger partial charge in [-0.3, -0.25) is 43.1 Å². The van der Waals surface area contributed by atoms with E-state index in [-0.39, 0.29) is 0 Å². The Bertz CT molecular complexity index is 10800. The van der Waals surface area contributed by atoms with Crippen LogP contribution in [0.2, 0.25) is 0 Å². The van der Waals surface area contributed by atoms with Gasteiger partial charge in [-0.2, -0.15) is 0 Å². The van der Waals surface area contributed by atoms with Crippen molar-refractivity contribution < 1.29 is 0 Å². The molecule has 0 atom stereocenters. The standard InChI is InChI=1S/C51H30N4.C50H29N5.C32H19N5/c1-3-11-33-27-37(19-17-31(33)9-1)47-39-13-5-6-14-40(39)48(38-20-18-32-10-2-4-12-34(32)28-38)43-29-35(21-23-41(43)47)36-22-24-45-44(30-36)54-51-50-42(15-7-25-53-50)49-46(55(45)51)16-8-26-52-49;1-3-10-32-26-36(17-15-30(32)8-1)45-38-12-5-6-13-39(38)46(37-18-16-31-9-2-4-11-33(31)27-37)41-28-34(19-21-40(41)45)35-20-22-43-42(29-35)54-50-49-48(52-24-25-53-49)47-44(55(43)50)14-7-23-51-47;1-2-5-20(6-3-1)21-8-9-23-18-24(11-10-22(23)17-21)25-12-13-28-27(19-25)36-32-30-26(7-4-14-33-30)29-31(37(28)32)35-16-15-34-29/h1-30H;1-29H;1-19H. The summed E-state index contributed by atoms with van der Waals surface area (Å²) in [6.45, 7) is 0. The molecule has 0 amide bonds. The molecule has 32 aromatic rings. The molecule has 0 N–H and O–H groups in total. The lowest BCUT2D eigenvalue weighted by atomic mass is 9.84. The van der Waals surface area contributed by atoms with Crippen molar-refractivity contribution >= 4 is 213 Å². The third-order valence-corrected chi connectivity index (χ3v) is 29.7. The van der Waals surface area contributed by atoms with E-state index in [1.807, 2.05) is 48.8 Å². The van der Waals surface area contributed by atoms with E-state index in [0.29, 0.717) is 0 Å². The Morgan fingerprint density at radius 2 is 0.401 bits per heavy atom. The summed E-state index contributed by atoms with van der Waals surface area (Å²) in [6, 6.07) is 153. The first-order valence-electron chi connectivity index (χ1n) is 49.4. The molecule has 0 unspecified atom stereocenters. The van der Waals surface area contributed by atoms with Crippen LogP contribution in [-0.4, -0.2) is 68.0 Å². The Labute approximate surface area is 838 Å². The fraction of sp³-hybridized carbons (Fsp3) is 0. The quantitative estimate of drug-likeness (QED) is 0.105. The van der Waals surface area contributed by atoms with E-state index < -0.39 is 0 Å². The number of nitrogens with zero attached hydrogens (tertiary/aromatic N) is 14. The van der Waals surface area contributed by atoms with Gasteiger partial charge in [0.25, 0.3) is 0 Å². The molecule has 0 aliphatic carbocycles. The van der Waals surface area contributed by atoms with Gasteiger partial charge >= 0.3 is 0 Å². The monoisotopic (exact) mass is 1870 g/mol. The molecule has 32 rings (SSSR count).